The van der Waals surface area contributed by atoms with Crippen molar-refractivity contribution in [1.82, 2.24) is 4.57 Å². The van der Waals surface area contributed by atoms with Crippen LogP contribution in [0.4, 0.5) is 5.69 Å². The number of anilines is 1. The standard InChI is InChI=1S/C21H26N2O2/c22-19-11-18(16-9-10-16)13-23(21(19)24)12-17-7-4-8-20(17)25-14-15-5-2-1-3-6-15/h1-3,5-6,11,13,16-17,20H,4,7-10,12,14,22H2. The van der Waals surface area contributed by atoms with Crippen molar-refractivity contribution in [1.29, 1.82) is 0 Å². The highest BCUT2D eigenvalue weighted by Gasteiger charge is 2.30. The van der Waals surface area contributed by atoms with E-state index in [0.717, 1.165) is 19.3 Å². The molecule has 0 aliphatic heterocycles. The molecule has 2 aromatic rings. The van der Waals surface area contributed by atoms with Crippen LogP contribution in [0, 0.1) is 5.92 Å². The van der Waals surface area contributed by atoms with Crippen LogP contribution in [0.3, 0.4) is 0 Å². The molecule has 4 rings (SSSR count). The van der Waals surface area contributed by atoms with Gasteiger partial charge in [0, 0.05) is 18.7 Å². The maximum absolute atomic E-state index is 12.4. The third-order valence-electron chi connectivity index (χ3n) is 5.51. The Bertz CT molecular complexity index is 780. The molecule has 2 unspecified atom stereocenters. The van der Waals surface area contributed by atoms with Crippen molar-refractivity contribution in [2.75, 3.05) is 5.73 Å². The zero-order valence-corrected chi connectivity index (χ0v) is 14.6. The number of benzene rings is 1. The van der Waals surface area contributed by atoms with Crippen LogP contribution < -0.4 is 11.3 Å². The Morgan fingerprint density at radius 1 is 1.12 bits per heavy atom. The fourth-order valence-corrected chi connectivity index (χ4v) is 3.92. The number of nitrogens with zero attached hydrogens (tertiary/aromatic N) is 1. The number of nitrogen functional groups attached to an aromatic ring is 1. The van der Waals surface area contributed by atoms with Crippen molar-refractivity contribution in [3.05, 3.63) is 64.1 Å². The Hall–Kier alpha value is -2.07. The van der Waals surface area contributed by atoms with Gasteiger partial charge in [-0.05, 0) is 48.8 Å². The average molecular weight is 338 g/mol. The van der Waals surface area contributed by atoms with E-state index in [4.69, 9.17) is 10.5 Å². The first-order chi connectivity index (χ1) is 12.2. The predicted octanol–water partition coefficient (Wildman–Crippen LogP) is 3.69. The lowest BCUT2D eigenvalue weighted by molar-refractivity contribution is 0.0112. The minimum absolute atomic E-state index is 0.0573. The number of hydrogen-bond donors (Lipinski definition) is 1. The number of aromatic nitrogens is 1. The van der Waals surface area contributed by atoms with Gasteiger partial charge in [-0.25, -0.2) is 0 Å². The Morgan fingerprint density at radius 3 is 2.68 bits per heavy atom. The maximum Gasteiger partial charge on any atom is 0.273 e. The molecule has 2 aliphatic rings. The monoisotopic (exact) mass is 338 g/mol. The number of ether oxygens (including phenoxy) is 1. The number of pyridine rings is 1. The maximum atomic E-state index is 12.4. The summed E-state index contributed by atoms with van der Waals surface area (Å²) in [6.45, 7) is 1.35. The van der Waals surface area contributed by atoms with Crippen LogP contribution in [0.25, 0.3) is 0 Å². The van der Waals surface area contributed by atoms with Crippen molar-refractivity contribution in [3.63, 3.8) is 0 Å². The summed E-state index contributed by atoms with van der Waals surface area (Å²) in [4.78, 5) is 12.4. The lowest BCUT2D eigenvalue weighted by Crippen LogP contribution is -2.30. The average Bonchev–Trinajstić information content (AvgIpc) is 3.39. The van der Waals surface area contributed by atoms with Gasteiger partial charge in [0.1, 0.15) is 0 Å². The minimum Gasteiger partial charge on any atom is -0.394 e. The largest absolute Gasteiger partial charge is 0.394 e. The highest BCUT2D eigenvalue weighted by atomic mass is 16.5. The molecule has 2 aliphatic carbocycles. The molecule has 2 saturated carbocycles. The van der Waals surface area contributed by atoms with Crippen molar-refractivity contribution >= 4 is 5.69 Å². The molecule has 1 heterocycles. The summed E-state index contributed by atoms with van der Waals surface area (Å²) in [5.41, 5.74) is 8.71. The molecular weight excluding hydrogens is 312 g/mol. The van der Waals surface area contributed by atoms with E-state index in [0.29, 0.717) is 30.7 Å². The zero-order valence-electron chi connectivity index (χ0n) is 14.6. The van der Waals surface area contributed by atoms with Crippen molar-refractivity contribution < 1.29 is 4.74 Å². The van der Waals surface area contributed by atoms with Crippen LogP contribution in [0.5, 0.6) is 0 Å². The van der Waals surface area contributed by atoms with Crippen molar-refractivity contribution in [2.45, 2.75) is 57.3 Å². The minimum atomic E-state index is -0.0573. The lowest BCUT2D eigenvalue weighted by Gasteiger charge is -2.22. The molecule has 0 radical (unpaired) electrons. The second kappa shape index (κ2) is 7.04. The second-order valence-corrected chi connectivity index (χ2v) is 7.49. The molecule has 25 heavy (non-hydrogen) atoms. The second-order valence-electron chi connectivity index (χ2n) is 7.49. The molecule has 0 saturated heterocycles. The predicted molar refractivity (Wildman–Crippen MR) is 99.4 cm³/mol. The molecule has 0 bridgehead atoms. The first-order valence-electron chi connectivity index (χ1n) is 9.36. The molecule has 0 amide bonds. The van der Waals surface area contributed by atoms with Gasteiger partial charge in [0.05, 0.1) is 18.4 Å². The van der Waals surface area contributed by atoms with Gasteiger partial charge in [-0.2, -0.15) is 0 Å². The van der Waals surface area contributed by atoms with E-state index in [-0.39, 0.29) is 11.7 Å². The summed E-state index contributed by atoms with van der Waals surface area (Å²) in [5.74, 6) is 0.984. The van der Waals surface area contributed by atoms with E-state index < -0.39 is 0 Å². The summed E-state index contributed by atoms with van der Waals surface area (Å²) >= 11 is 0. The van der Waals surface area contributed by atoms with Gasteiger partial charge in [0.25, 0.3) is 5.56 Å². The lowest BCUT2D eigenvalue weighted by atomic mass is 10.1. The zero-order chi connectivity index (χ0) is 17.2. The molecule has 2 atom stereocenters. The third kappa shape index (κ3) is 3.79. The summed E-state index contributed by atoms with van der Waals surface area (Å²) in [7, 11) is 0. The molecule has 132 valence electrons. The fourth-order valence-electron chi connectivity index (χ4n) is 3.92. The number of nitrogens with two attached hydrogens (primary N) is 1. The Morgan fingerprint density at radius 2 is 1.92 bits per heavy atom. The Labute approximate surface area is 148 Å². The molecule has 0 spiro atoms. The van der Waals surface area contributed by atoms with Gasteiger partial charge in [0.15, 0.2) is 0 Å². The van der Waals surface area contributed by atoms with Crippen LogP contribution in [0.2, 0.25) is 0 Å². The van der Waals surface area contributed by atoms with Crippen LogP contribution in [0.1, 0.15) is 49.1 Å². The molecule has 4 heteroatoms. The quantitative estimate of drug-likeness (QED) is 0.874. The molecule has 4 nitrogen and oxygen atoms in total. The SMILES string of the molecule is Nc1cc(C2CC2)cn(CC2CCCC2OCc2ccccc2)c1=O. The molecule has 1 aromatic heterocycles. The van der Waals surface area contributed by atoms with Crippen molar-refractivity contribution in [2.24, 2.45) is 5.92 Å². The smallest absolute Gasteiger partial charge is 0.273 e. The van der Waals surface area contributed by atoms with E-state index in [2.05, 4.69) is 12.1 Å². The Kier molecular flexibility index (Phi) is 4.62. The van der Waals surface area contributed by atoms with Gasteiger partial charge in [-0.1, -0.05) is 36.8 Å². The van der Waals surface area contributed by atoms with Gasteiger partial charge < -0.3 is 15.0 Å². The van der Waals surface area contributed by atoms with Crippen LogP contribution >= 0.6 is 0 Å². The van der Waals surface area contributed by atoms with E-state index in [1.807, 2.05) is 35.0 Å². The van der Waals surface area contributed by atoms with E-state index in [1.54, 1.807) is 0 Å². The highest BCUT2D eigenvalue weighted by Crippen LogP contribution is 2.40. The van der Waals surface area contributed by atoms with Gasteiger partial charge in [-0.3, -0.25) is 4.79 Å². The van der Waals surface area contributed by atoms with Gasteiger partial charge >= 0.3 is 0 Å². The topological polar surface area (TPSA) is 57.2 Å². The summed E-state index contributed by atoms with van der Waals surface area (Å²) < 4.78 is 8.02. The van der Waals surface area contributed by atoms with E-state index in [1.165, 1.54) is 24.0 Å². The summed E-state index contributed by atoms with van der Waals surface area (Å²) in [6, 6.07) is 12.1. The first-order valence-corrected chi connectivity index (χ1v) is 9.36. The normalized spacial score (nSPS) is 23.0. The van der Waals surface area contributed by atoms with Gasteiger partial charge in [-0.15, -0.1) is 0 Å². The van der Waals surface area contributed by atoms with Crippen molar-refractivity contribution in [3.8, 4) is 0 Å². The van der Waals surface area contributed by atoms with E-state index in [9.17, 15) is 4.79 Å². The molecule has 1 aromatic carbocycles. The van der Waals surface area contributed by atoms with Crippen LogP contribution in [-0.2, 0) is 17.9 Å². The number of rotatable bonds is 6. The fraction of sp³-hybridized carbons (Fsp3) is 0.476. The third-order valence-corrected chi connectivity index (χ3v) is 5.51. The van der Waals surface area contributed by atoms with Crippen LogP contribution in [0.15, 0.2) is 47.4 Å². The van der Waals surface area contributed by atoms with E-state index >= 15 is 0 Å². The molecule has 2 fully saturated rings. The molecule has 2 N–H and O–H groups in total. The summed E-state index contributed by atoms with van der Waals surface area (Å²) in [6.07, 6.45) is 8.02. The Balaban J connectivity index is 1.45. The summed E-state index contributed by atoms with van der Waals surface area (Å²) in [5, 5.41) is 0. The molecular formula is C21H26N2O2. The number of hydrogen-bond acceptors (Lipinski definition) is 3. The van der Waals surface area contributed by atoms with Crippen LogP contribution in [-0.4, -0.2) is 10.7 Å². The highest BCUT2D eigenvalue weighted by molar-refractivity contribution is 5.40. The van der Waals surface area contributed by atoms with Gasteiger partial charge in [0.2, 0.25) is 0 Å². The first kappa shape index (κ1) is 16.4.